The largest absolute Gasteiger partial charge is 0.399 e. The van der Waals surface area contributed by atoms with Crippen LogP contribution in [0, 0.1) is 5.92 Å². The number of aliphatic hydroxyl groups excluding tert-OH is 1. The van der Waals surface area contributed by atoms with Crippen LogP contribution in [0.15, 0.2) is 24.3 Å². The van der Waals surface area contributed by atoms with Crippen molar-refractivity contribution in [3.8, 4) is 0 Å². The maximum absolute atomic E-state index is 11.8. The molecule has 1 aliphatic rings. The van der Waals surface area contributed by atoms with Crippen LogP contribution in [0.3, 0.4) is 0 Å². The number of hydrogen-bond donors (Lipinski definition) is 3. The van der Waals surface area contributed by atoms with Crippen LogP contribution in [0.4, 0.5) is 11.4 Å². The second kappa shape index (κ2) is 6.54. The normalized spacial score (nSPS) is 19.5. The number of nitrogens with zero attached hydrogens (tertiary/aromatic N) is 1. The van der Waals surface area contributed by atoms with Crippen LogP contribution in [0.1, 0.15) is 12.8 Å². The molecule has 1 aromatic rings. The fourth-order valence-electron chi connectivity index (χ4n) is 2.36. The summed E-state index contributed by atoms with van der Waals surface area (Å²) in [5, 5.41) is 11.9. The van der Waals surface area contributed by atoms with Crippen molar-refractivity contribution in [1.82, 2.24) is 4.90 Å². The Labute approximate surface area is 113 Å². The molecule has 104 valence electrons. The average Bonchev–Trinajstić information content (AvgIpc) is 2.84. The number of benzene rings is 1. The Morgan fingerprint density at radius 2 is 2.37 bits per heavy atom. The molecule has 1 heterocycles. The second-order valence-corrected chi connectivity index (χ2v) is 5.06. The minimum atomic E-state index is -0.00181. The molecule has 1 aliphatic heterocycles. The highest BCUT2D eigenvalue weighted by molar-refractivity contribution is 5.91. The van der Waals surface area contributed by atoms with Crippen molar-refractivity contribution in [3.63, 3.8) is 0 Å². The quantitative estimate of drug-likeness (QED) is 0.690. The lowest BCUT2D eigenvalue weighted by Gasteiger charge is -2.15. The number of rotatable bonds is 5. The summed E-state index contributed by atoms with van der Waals surface area (Å²) in [6, 6.07) is 7.17. The summed E-state index contributed by atoms with van der Waals surface area (Å²) in [5.74, 6) is 0.370. The van der Waals surface area contributed by atoms with Crippen molar-refractivity contribution < 1.29 is 9.90 Å². The molecule has 5 heteroatoms. The second-order valence-electron chi connectivity index (χ2n) is 5.06. The van der Waals surface area contributed by atoms with Crippen molar-refractivity contribution in [2.75, 3.05) is 37.3 Å². The molecule has 0 aliphatic carbocycles. The molecule has 1 fully saturated rings. The Balaban J connectivity index is 1.73. The Hall–Kier alpha value is -1.59. The molecule has 1 aromatic carbocycles. The zero-order valence-corrected chi connectivity index (χ0v) is 11.0. The summed E-state index contributed by atoms with van der Waals surface area (Å²) in [7, 11) is 0. The molecule has 4 N–H and O–H groups in total. The molecule has 0 aromatic heterocycles. The van der Waals surface area contributed by atoms with Crippen LogP contribution < -0.4 is 11.1 Å². The summed E-state index contributed by atoms with van der Waals surface area (Å²) in [5.41, 5.74) is 7.03. The summed E-state index contributed by atoms with van der Waals surface area (Å²) in [6.07, 6.45) is 1.49. The zero-order chi connectivity index (χ0) is 13.7. The van der Waals surface area contributed by atoms with Gasteiger partial charge in [-0.3, -0.25) is 4.79 Å². The SMILES string of the molecule is Nc1cccc(NC(=O)CCN2CCC(CO)C2)c1. The number of nitrogens with one attached hydrogen (secondary N) is 1. The lowest BCUT2D eigenvalue weighted by Crippen LogP contribution is -2.26. The Morgan fingerprint density at radius 1 is 1.53 bits per heavy atom. The first-order valence-corrected chi connectivity index (χ1v) is 6.66. The molecule has 1 saturated heterocycles. The first kappa shape index (κ1) is 13.8. The van der Waals surface area contributed by atoms with Gasteiger partial charge in [0.1, 0.15) is 0 Å². The monoisotopic (exact) mass is 263 g/mol. The van der Waals surface area contributed by atoms with Gasteiger partial charge in [0.15, 0.2) is 0 Å². The molecule has 0 bridgehead atoms. The minimum absolute atomic E-state index is 0.00181. The Kier molecular flexibility index (Phi) is 4.76. The summed E-state index contributed by atoms with van der Waals surface area (Å²) in [4.78, 5) is 14.0. The third kappa shape index (κ3) is 4.22. The van der Waals surface area contributed by atoms with Crippen molar-refractivity contribution >= 4 is 17.3 Å². The van der Waals surface area contributed by atoms with Gasteiger partial charge in [0, 0.05) is 37.5 Å². The van der Waals surface area contributed by atoms with E-state index < -0.39 is 0 Å². The van der Waals surface area contributed by atoms with Gasteiger partial charge >= 0.3 is 0 Å². The minimum Gasteiger partial charge on any atom is -0.399 e. The molecule has 19 heavy (non-hydrogen) atoms. The number of nitrogens with two attached hydrogens (primary N) is 1. The number of likely N-dealkylation sites (tertiary alicyclic amines) is 1. The average molecular weight is 263 g/mol. The van der Waals surface area contributed by atoms with Crippen molar-refractivity contribution in [2.45, 2.75) is 12.8 Å². The topological polar surface area (TPSA) is 78.6 Å². The molecule has 1 amide bonds. The zero-order valence-electron chi connectivity index (χ0n) is 11.0. The number of carbonyl (C=O) groups is 1. The van der Waals surface area contributed by atoms with E-state index in [9.17, 15) is 4.79 Å². The highest BCUT2D eigenvalue weighted by Gasteiger charge is 2.21. The van der Waals surface area contributed by atoms with Crippen LogP contribution in [-0.2, 0) is 4.79 Å². The fourth-order valence-corrected chi connectivity index (χ4v) is 2.36. The molecule has 2 rings (SSSR count). The maximum Gasteiger partial charge on any atom is 0.225 e. The molecule has 0 radical (unpaired) electrons. The number of amides is 1. The lowest BCUT2D eigenvalue weighted by molar-refractivity contribution is -0.116. The summed E-state index contributed by atoms with van der Waals surface area (Å²) < 4.78 is 0. The van der Waals surface area contributed by atoms with Crippen molar-refractivity contribution in [2.24, 2.45) is 5.92 Å². The van der Waals surface area contributed by atoms with Crippen LogP contribution >= 0.6 is 0 Å². The van der Waals surface area contributed by atoms with Gasteiger partial charge in [-0.2, -0.15) is 0 Å². The highest BCUT2D eigenvalue weighted by atomic mass is 16.3. The summed E-state index contributed by atoms with van der Waals surface area (Å²) >= 11 is 0. The first-order valence-electron chi connectivity index (χ1n) is 6.66. The smallest absolute Gasteiger partial charge is 0.225 e. The first-order chi connectivity index (χ1) is 9.17. The van der Waals surface area contributed by atoms with E-state index >= 15 is 0 Å². The van der Waals surface area contributed by atoms with Gasteiger partial charge in [-0.15, -0.1) is 0 Å². The number of aliphatic hydroxyl groups is 1. The van der Waals surface area contributed by atoms with Gasteiger partial charge in [-0.1, -0.05) is 6.07 Å². The number of hydrogen-bond acceptors (Lipinski definition) is 4. The molecule has 0 spiro atoms. The van der Waals surface area contributed by atoms with Crippen LogP contribution in [0.2, 0.25) is 0 Å². The summed E-state index contributed by atoms with van der Waals surface area (Å²) in [6.45, 7) is 2.84. The van der Waals surface area contributed by atoms with E-state index in [0.29, 0.717) is 18.0 Å². The molecular formula is C14H21N3O2. The van der Waals surface area contributed by atoms with E-state index in [0.717, 1.165) is 31.7 Å². The van der Waals surface area contributed by atoms with E-state index in [4.69, 9.17) is 10.8 Å². The van der Waals surface area contributed by atoms with Gasteiger partial charge in [-0.05, 0) is 37.1 Å². The van der Waals surface area contributed by atoms with Crippen LogP contribution in [0.25, 0.3) is 0 Å². The van der Waals surface area contributed by atoms with Gasteiger partial charge < -0.3 is 21.1 Å². The van der Waals surface area contributed by atoms with Gasteiger partial charge in [0.05, 0.1) is 0 Å². The van der Waals surface area contributed by atoms with E-state index in [-0.39, 0.29) is 12.5 Å². The van der Waals surface area contributed by atoms with Crippen molar-refractivity contribution in [1.29, 1.82) is 0 Å². The third-order valence-corrected chi connectivity index (χ3v) is 3.45. The number of carbonyl (C=O) groups excluding carboxylic acids is 1. The molecular weight excluding hydrogens is 242 g/mol. The predicted octanol–water partition coefficient (Wildman–Crippen LogP) is 0.912. The predicted molar refractivity (Wildman–Crippen MR) is 75.7 cm³/mol. The Morgan fingerprint density at radius 3 is 3.05 bits per heavy atom. The molecule has 1 unspecified atom stereocenters. The van der Waals surface area contributed by atoms with Gasteiger partial charge in [0.25, 0.3) is 0 Å². The fraction of sp³-hybridized carbons (Fsp3) is 0.500. The third-order valence-electron chi connectivity index (χ3n) is 3.45. The van der Waals surface area contributed by atoms with Gasteiger partial charge in [-0.25, -0.2) is 0 Å². The van der Waals surface area contributed by atoms with E-state index in [2.05, 4.69) is 10.2 Å². The number of nitrogen functional groups attached to an aromatic ring is 1. The molecule has 1 atom stereocenters. The maximum atomic E-state index is 11.8. The van der Waals surface area contributed by atoms with E-state index in [1.165, 1.54) is 0 Å². The van der Waals surface area contributed by atoms with E-state index in [1.807, 2.05) is 12.1 Å². The molecule has 0 saturated carbocycles. The lowest BCUT2D eigenvalue weighted by atomic mass is 10.1. The number of anilines is 2. The van der Waals surface area contributed by atoms with Gasteiger partial charge in [0.2, 0.25) is 5.91 Å². The van der Waals surface area contributed by atoms with Crippen molar-refractivity contribution in [3.05, 3.63) is 24.3 Å². The standard InChI is InChI=1S/C14H21N3O2/c15-12-2-1-3-13(8-12)16-14(19)5-7-17-6-4-11(9-17)10-18/h1-3,8,11,18H,4-7,9-10,15H2,(H,16,19). The van der Waals surface area contributed by atoms with Crippen LogP contribution in [0.5, 0.6) is 0 Å². The van der Waals surface area contributed by atoms with Crippen LogP contribution in [-0.4, -0.2) is 42.2 Å². The Bertz CT molecular complexity index is 436. The molecule has 5 nitrogen and oxygen atoms in total. The van der Waals surface area contributed by atoms with E-state index in [1.54, 1.807) is 12.1 Å². The highest BCUT2D eigenvalue weighted by Crippen LogP contribution is 2.16.